The summed E-state index contributed by atoms with van der Waals surface area (Å²) in [5.41, 5.74) is 4.82. The van der Waals surface area contributed by atoms with Gasteiger partial charge in [-0.1, -0.05) is 36.4 Å². The van der Waals surface area contributed by atoms with Crippen molar-refractivity contribution in [2.24, 2.45) is 5.92 Å². The predicted octanol–water partition coefficient (Wildman–Crippen LogP) is 3.42. The summed E-state index contributed by atoms with van der Waals surface area (Å²) < 4.78 is 5.63. The molecule has 2 aliphatic rings. The molecule has 1 amide bonds. The molecule has 2 aromatic rings. The molecule has 0 saturated carbocycles. The monoisotopic (exact) mass is 405 g/mol. The molecule has 1 atom stereocenters. The van der Waals surface area contributed by atoms with Crippen molar-refractivity contribution < 1.29 is 9.53 Å². The van der Waals surface area contributed by atoms with E-state index < -0.39 is 0 Å². The van der Waals surface area contributed by atoms with E-state index in [0.29, 0.717) is 0 Å². The second-order valence-corrected chi connectivity index (χ2v) is 8.16. The lowest BCUT2D eigenvalue weighted by atomic mass is 9.91. The quantitative estimate of drug-likeness (QED) is 0.691. The van der Waals surface area contributed by atoms with Gasteiger partial charge in [-0.25, -0.2) is 0 Å². The Morgan fingerprint density at radius 2 is 2.07 bits per heavy atom. The Kier molecular flexibility index (Phi) is 6.92. The van der Waals surface area contributed by atoms with Gasteiger partial charge < -0.3 is 9.64 Å². The molecule has 158 valence electrons. The average molecular weight is 406 g/mol. The van der Waals surface area contributed by atoms with Gasteiger partial charge in [0.2, 0.25) is 5.91 Å². The summed E-state index contributed by atoms with van der Waals surface area (Å²) in [6.07, 6.45) is 7.73. The van der Waals surface area contributed by atoms with Crippen LogP contribution in [0.1, 0.15) is 18.9 Å². The molecule has 1 unspecified atom stereocenters. The molecule has 1 aromatic heterocycles. The zero-order valence-corrected chi connectivity index (χ0v) is 17.8. The number of pyridine rings is 1. The Hall–Kier alpha value is -2.50. The van der Waals surface area contributed by atoms with Crippen LogP contribution >= 0.6 is 0 Å². The number of rotatable bonds is 6. The minimum absolute atomic E-state index is 0.0459. The smallest absolute Gasteiger partial charge is 0.227 e. The van der Waals surface area contributed by atoms with Crippen LogP contribution in [0.3, 0.4) is 0 Å². The van der Waals surface area contributed by atoms with Crippen LogP contribution < -0.4 is 0 Å². The van der Waals surface area contributed by atoms with Crippen LogP contribution in [0.25, 0.3) is 11.1 Å². The Labute approximate surface area is 179 Å². The Morgan fingerprint density at radius 3 is 2.83 bits per heavy atom. The molecule has 30 heavy (non-hydrogen) atoms. The first-order valence-corrected chi connectivity index (χ1v) is 11.0. The first kappa shape index (κ1) is 20.8. The highest BCUT2D eigenvalue weighted by atomic mass is 16.5. The standard InChI is InChI=1S/C25H31N3O2/c1-2-28-13-12-27(17-20-7-6-14-30-19-20)18-23(25(28)29)15-21-8-3-4-10-24(21)22-9-5-11-26-16-22/h3-5,7-11,16,23H,2,6,12-15,17-19H2,1H3. The maximum Gasteiger partial charge on any atom is 0.227 e. The lowest BCUT2D eigenvalue weighted by Gasteiger charge is -2.26. The fourth-order valence-corrected chi connectivity index (χ4v) is 4.49. The fraction of sp³-hybridized carbons (Fsp3) is 0.440. The summed E-state index contributed by atoms with van der Waals surface area (Å²) in [6.45, 7) is 7.77. The molecule has 1 saturated heterocycles. The number of amides is 1. The lowest BCUT2D eigenvalue weighted by molar-refractivity contribution is -0.134. The highest BCUT2D eigenvalue weighted by molar-refractivity contribution is 5.80. The van der Waals surface area contributed by atoms with Crippen LogP contribution in [0.4, 0.5) is 0 Å². The number of benzene rings is 1. The van der Waals surface area contributed by atoms with E-state index in [1.807, 2.05) is 17.2 Å². The van der Waals surface area contributed by atoms with E-state index in [9.17, 15) is 4.79 Å². The molecule has 0 bridgehead atoms. The number of carbonyl (C=O) groups is 1. The van der Waals surface area contributed by atoms with Crippen LogP contribution in [0.5, 0.6) is 0 Å². The van der Waals surface area contributed by atoms with E-state index in [1.165, 1.54) is 16.7 Å². The summed E-state index contributed by atoms with van der Waals surface area (Å²) in [4.78, 5) is 22.0. The number of nitrogens with zero attached hydrogens (tertiary/aromatic N) is 3. The molecular formula is C25H31N3O2. The summed E-state index contributed by atoms with van der Waals surface area (Å²) in [5.74, 6) is 0.227. The minimum atomic E-state index is -0.0459. The van der Waals surface area contributed by atoms with Gasteiger partial charge in [0.1, 0.15) is 0 Å². The molecule has 4 rings (SSSR count). The Morgan fingerprint density at radius 1 is 1.17 bits per heavy atom. The molecule has 0 spiro atoms. The summed E-state index contributed by atoms with van der Waals surface area (Å²) in [6, 6.07) is 12.5. The van der Waals surface area contributed by atoms with Gasteiger partial charge in [0.15, 0.2) is 0 Å². The third kappa shape index (κ3) is 4.97. The molecular weight excluding hydrogens is 374 g/mol. The number of carbonyl (C=O) groups excluding carboxylic acids is 1. The van der Waals surface area contributed by atoms with Gasteiger partial charge in [-0.05, 0) is 42.5 Å². The van der Waals surface area contributed by atoms with Crippen molar-refractivity contribution in [3.63, 3.8) is 0 Å². The van der Waals surface area contributed by atoms with Gasteiger partial charge >= 0.3 is 0 Å². The van der Waals surface area contributed by atoms with Crippen LogP contribution in [-0.2, 0) is 16.0 Å². The van der Waals surface area contributed by atoms with E-state index in [4.69, 9.17) is 4.74 Å². The Balaban J connectivity index is 1.56. The number of hydrogen-bond acceptors (Lipinski definition) is 4. The predicted molar refractivity (Wildman–Crippen MR) is 119 cm³/mol. The van der Waals surface area contributed by atoms with E-state index >= 15 is 0 Å². The molecule has 0 radical (unpaired) electrons. The number of hydrogen-bond donors (Lipinski definition) is 0. The van der Waals surface area contributed by atoms with E-state index in [1.54, 1.807) is 6.20 Å². The van der Waals surface area contributed by atoms with Gasteiger partial charge in [0.25, 0.3) is 0 Å². The van der Waals surface area contributed by atoms with Gasteiger partial charge in [-0.2, -0.15) is 0 Å². The molecule has 2 aliphatic heterocycles. The van der Waals surface area contributed by atoms with E-state index in [2.05, 4.69) is 53.2 Å². The van der Waals surface area contributed by atoms with E-state index in [-0.39, 0.29) is 11.8 Å². The molecule has 0 aliphatic carbocycles. The topological polar surface area (TPSA) is 45.7 Å². The van der Waals surface area contributed by atoms with Crippen LogP contribution in [0, 0.1) is 5.92 Å². The number of likely N-dealkylation sites (N-methyl/N-ethyl adjacent to an activating group) is 1. The third-order valence-corrected chi connectivity index (χ3v) is 6.07. The number of aromatic nitrogens is 1. The first-order chi connectivity index (χ1) is 14.7. The van der Waals surface area contributed by atoms with Crippen LogP contribution in [0.15, 0.2) is 60.4 Å². The SMILES string of the molecule is CCN1CCN(CC2=CCCOC2)CC(Cc2ccccc2-c2cccnc2)C1=O. The summed E-state index contributed by atoms with van der Waals surface area (Å²) >= 11 is 0. The van der Waals surface area contributed by atoms with Crippen molar-refractivity contribution in [3.05, 3.63) is 66.0 Å². The normalized spacial score (nSPS) is 20.7. The van der Waals surface area contributed by atoms with Crippen molar-refractivity contribution in [2.45, 2.75) is 19.8 Å². The zero-order chi connectivity index (χ0) is 20.8. The largest absolute Gasteiger partial charge is 0.377 e. The van der Waals surface area contributed by atoms with Crippen LogP contribution in [-0.4, -0.2) is 66.6 Å². The summed E-state index contributed by atoms with van der Waals surface area (Å²) in [5, 5.41) is 0. The van der Waals surface area contributed by atoms with E-state index in [0.717, 1.165) is 64.3 Å². The highest BCUT2D eigenvalue weighted by Crippen LogP contribution is 2.27. The highest BCUT2D eigenvalue weighted by Gasteiger charge is 2.30. The van der Waals surface area contributed by atoms with Crippen LogP contribution in [0.2, 0.25) is 0 Å². The molecule has 0 N–H and O–H groups in total. The van der Waals surface area contributed by atoms with Gasteiger partial charge in [-0.3, -0.25) is 14.7 Å². The summed E-state index contributed by atoms with van der Waals surface area (Å²) in [7, 11) is 0. The maximum atomic E-state index is 13.3. The fourth-order valence-electron chi connectivity index (χ4n) is 4.49. The Bertz CT molecular complexity index is 881. The third-order valence-electron chi connectivity index (χ3n) is 6.07. The van der Waals surface area contributed by atoms with Crippen molar-refractivity contribution in [2.75, 3.05) is 45.9 Å². The molecule has 5 heteroatoms. The van der Waals surface area contributed by atoms with Gasteiger partial charge in [0, 0.05) is 50.7 Å². The first-order valence-electron chi connectivity index (χ1n) is 11.0. The molecule has 5 nitrogen and oxygen atoms in total. The maximum absolute atomic E-state index is 13.3. The minimum Gasteiger partial charge on any atom is -0.377 e. The lowest BCUT2D eigenvalue weighted by Crippen LogP contribution is -2.37. The molecule has 3 heterocycles. The van der Waals surface area contributed by atoms with Gasteiger partial charge in [0.05, 0.1) is 19.1 Å². The van der Waals surface area contributed by atoms with Gasteiger partial charge in [-0.15, -0.1) is 0 Å². The second-order valence-electron chi connectivity index (χ2n) is 8.16. The van der Waals surface area contributed by atoms with Crippen molar-refractivity contribution in [3.8, 4) is 11.1 Å². The molecule has 1 fully saturated rings. The average Bonchev–Trinajstić information content (AvgIpc) is 2.94. The number of ether oxygens (including phenoxy) is 1. The zero-order valence-electron chi connectivity index (χ0n) is 17.8. The second kappa shape index (κ2) is 10.0. The van der Waals surface area contributed by atoms with Crippen molar-refractivity contribution >= 4 is 5.91 Å². The van der Waals surface area contributed by atoms with Crippen molar-refractivity contribution in [1.29, 1.82) is 0 Å². The molecule has 1 aromatic carbocycles. The van der Waals surface area contributed by atoms with Crippen molar-refractivity contribution in [1.82, 2.24) is 14.8 Å².